The fraction of sp³-hybridized carbons (Fsp3) is 0.462. The van der Waals surface area contributed by atoms with Gasteiger partial charge in [-0.05, 0) is 60.1 Å². The molecule has 2 unspecified atom stereocenters. The standard InChI is InChI=1S/C13H16ClIN2O.ClH/c1-8(16)9-4-5-17(7-9)13(18)11-6-10(14)2-3-12(11)15;/h2-3,6,8-9H,4-5,7,16H2,1H3;1H. The van der Waals surface area contributed by atoms with Crippen molar-refractivity contribution in [3.05, 3.63) is 32.4 Å². The molecule has 0 radical (unpaired) electrons. The molecule has 3 nitrogen and oxygen atoms in total. The zero-order chi connectivity index (χ0) is 13.3. The minimum absolute atomic E-state index is 0. The van der Waals surface area contributed by atoms with Gasteiger partial charge >= 0.3 is 0 Å². The van der Waals surface area contributed by atoms with E-state index in [0.29, 0.717) is 16.5 Å². The Balaban J connectivity index is 0.00000180. The van der Waals surface area contributed by atoms with Gasteiger partial charge in [0, 0.05) is 27.7 Å². The fourth-order valence-corrected chi connectivity index (χ4v) is 2.97. The lowest BCUT2D eigenvalue weighted by atomic mass is 10.0. The molecule has 1 aliphatic rings. The topological polar surface area (TPSA) is 46.3 Å². The third-order valence-corrected chi connectivity index (χ3v) is 4.59. The molecule has 1 aliphatic heterocycles. The minimum atomic E-state index is 0. The third kappa shape index (κ3) is 3.97. The molecule has 1 saturated heterocycles. The van der Waals surface area contributed by atoms with Crippen LogP contribution in [0.25, 0.3) is 0 Å². The van der Waals surface area contributed by atoms with Crippen LogP contribution in [0.4, 0.5) is 0 Å². The molecule has 2 atom stereocenters. The second-order valence-electron chi connectivity index (χ2n) is 4.78. The van der Waals surface area contributed by atoms with Crippen LogP contribution < -0.4 is 5.73 Å². The molecule has 0 aliphatic carbocycles. The highest BCUT2D eigenvalue weighted by atomic mass is 127. The monoisotopic (exact) mass is 414 g/mol. The van der Waals surface area contributed by atoms with Gasteiger partial charge in [-0.1, -0.05) is 11.6 Å². The van der Waals surface area contributed by atoms with E-state index >= 15 is 0 Å². The van der Waals surface area contributed by atoms with E-state index in [1.807, 2.05) is 17.9 Å². The lowest BCUT2D eigenvalue weighted by Crippen LogP contribution is -2.33. The Hall–Kier alpha value is -0.0400. The van der Waals surface area contributed by atoms with Crippen molar-refractivity contribution in [1.29, 1.82) is 0 Å². The number of hydrogen-bond donors (Lipinski definition) is 1. The molecule has 0 spiro atoms. The van der Waals surface area contributed by atoms with Crippen LogP contribution in [0.1, 0.15) is 23.7 Å². The number of carbonyl (C=O) groups is 1. The molecule has 6 heteroatoms. The third-order valence-electron chi connectivity index (χ3n) is 3.41. The number of halogens is 3. The number of nitrogens with zero attached hydrogens (tertiary/aromatic N) is 1. The number of rotatable bonds is 2. The summed E-state index contributed by atoms with van der Waals surface area (Å²) >= 11 is 8.12. The number of nitrogens with two attached hydrogens (primary N) is 1. The molecule has 0 aromatic heterocycles. The smallest absolute Gasteiger partial charge is 0.254 e. The summed E-state index contributed by atoms with van der Waals surface area (Å²) in [7, 11) is 0. The second kappa shape index (κ2) is 7.11. The van der Waals surface area contributed by atoms with Crippen molar-refractivity contribution in [2.45, 2.75) is 19.4 Å². The molecule has 19 heavy (non-hydrogen) atoms. The van der Waals surface area contributed by atoms with E-state index in [2.05, 4.69) is 22.6 Å². The van der Waals surface area contributed by atoms with Gasteiger partial charge in [0.05, 0.1) is 5.56 Å². The Morgan fingerprint density at radius 3 is 2.84 bits per heavy atom. The summed E-state index contributed by atoms with van der Waals surface area (Å²) in [6.07, 6.45) is 0.987. The molecule has 1 fully saturated rings. The molecule has 0 bridgehead atoms. The first kappa shape index (κ1) is 17.0. The van der Waals surface area contributed by atoms with E-state index in [0.717, 1.165) is 23.1 Å². The maximum atomic E-state index is 12.4. The van der Waals surface area contributed by atoms with E-state index < -0.39 is 0 Å². The number of benzene rings is 1. The lowest BCUT2D eigenvalue weighted by Gasteiger charge is -2.19. The van der Waals surface area contributed by atoms with Crippen LogP contribution in [0.3, 0.4) is 0 Å². The normalized spacial score (nSPS) is 20.0. The maximum absolute atomic E-state index is 12.4. The van der Waals surface area contributed by atoms with Crippen molar-refractivity contribution in [3.8, 4) is 0 Å². The van der Waals surface area contributed by atoms with Crippen molar-refractivity contribution in [1.82, 2.24) is 4.90 Å². The maximum Gasteiger partial charge on any atom is 0.254 e. The average Bonchev–Trinajstić information content (AvgIpc) is 2.81. The van der Waals surface area contributed by atoms with Gasteiger partial charge in [0.15, 0.2) is 0 Å². The Bertz CT molecular complexity index is 468. The van der Waals surface area contributed by atoms with Gasteiger partial charge in [0.25, 0.3) is 5.91 Å². The van der Waals surface area contributed by atoms with Crippen LogP contribution in [0.15, 0.2) is 18.2 Å². The highest BCUT2D eigenvalue weighted by Crippen LogP contribution is 2.24. The largest absolute Gasteiger partial charge is 0.338 e. The van der Waals surface area contributed by atoms with Crippen molar-refractivity contribution < 1.29 is 4.79 Å². The lowest BCUT2D eigenvalue weighted by molar-refractivity contribution is 0.0785. The first-order valence-electron chi connectivity index (χ1n) is 5.99. The van der Waals surface area contributed by atoms with Crippen molar-refractivity contribution >= 4 is 52.5 Å². The van der Waals surface area contributed by atoms with E-state index in [9.17, 15) is 4.79 Å². The molecule has 1 aromatic carbocycles. The number of hydrogen-bond acceptors (Lipinski definition) is 2. The van der Waals surface area contributed by atoms with Crippen LogP contribution in [-0.2, 0) is 0 Å². The summed E-state index contributed by atoms with van der Waals surface area (Å²) in [6.45, 7) is 3.54. The number of amides is 1. The van der Waals surface area contributed by atoms with Gasteiger partial charge in [-0.25, -0.2) is 0 Å². The quantitative estimate of drug-likeness (QED) is 0.755. The number of carbonyl (C=O) groups excluding carboxylic acids is 1. The molecule has 2 rings (SSSR count). The molecule has 1 aromatic rings. The predicted octanol–water partition coefficient (Wildman–Crippen LogP) is 3.18. The molecular formula is C13H17Cl2IN2O. The highest BCUT2D eigenvalue weighted by molar-refractivity contribution is 14.1. The highest BCUT2D eigenvalue weighted by Gasteiger charge is 2.29. The zero-order valence-corrected chi connectivity index (χ0v) is 14.3. The van der Waals surface area contributed by atoms with Gasteiger partial charge < -0.3 is 10.6 Å². The summed E-state index contributed by atoms with van der Waals surface area (Å²) in [5, 5.41) is 0.599. The molecule has 1 heterocycles. The van der Waals surface area contributed by atoms with Gasteiger partial charge in [-0.15, -0.1) is 12.4 Å². The number of likely N-dealkylation sites (tertiary alicyclic amines) is 1. The predicted molar refractivity (Wildman–Crippen MR) is 89.1 cm³/mol. The molecule has 106 valence electrons. The summed E-state index contributed by atoms with van der Waals surface area (Å²) in [5.74, 6) is 0.468. The first-order valence-corrected chi connectivity index (χ1v) is 7.44. The molecule has 0 saturated carbocycles. The SMILES string of the molecule is CC(N)C1CCN(C(=O)c2cc(Cl)ccc2I)C1.Cl. The summed E-state index contributed by atoms with van der Waals surface area (Å²) < 4.78 is 0.936. The minimum Gasteiger partial charge on any atom is -0.338 e. The van der Waals surface area contributed by atoms with Crippen LogP contribution >= 0.6 is 46.6 Å². The molecule has 1 amide bonds. The van der Waals surface area contributed by atoms with E-state index in [-0.39, 0.29) is 24.4 Å². The van der Waals surface area contributed by atoms with Crippen LogP contribution in [0, 0.1) is 9.49 Å². The summed E-state index contributed by atoms with van der Waals surface area (Å²) in [5.41, 5.74) is 6.58. The van der Waals surface area contributed by atoms with Crippen molar-refractivity contribution in [3.63, 3.8) is 0 Å². The van der Waals surface area contributed by atoms with Crippen LogP contribution in [-0.4, -0.2) is 29.9 Å². The Kier molecular flexibility index (Phi) is 6.36. The fourth-order valence-electron chi connectivity index (χ4n) is 2.23. The Labute approximate surface area is 138 Å². The zero-order valence-electron chi connectivity index (χ0n) is 10.6. The Morgan fingerprint density at radius 2 is 2.26 bits per heavy atom. The van der Waals surface area contributed by atoms with E-state index in [4.69, 9.17) is 17.3 Å². The van der Waals surface area contributed by atoms with Crippen LogP contribution in [0.2, 0.25) is 5.02 Å². The summed E-state index contributed by atoms with van der Waals surface area (Å²) in [6, 6.07) is 5.55. The van der Waals surface area contributed by atoms with Gasteiger partial charge in [0.2, 0.25) is 0 Å². The van der Waals surface area contributed by atoms with Gasteiger partial charge in [-0.3, -0.25) is 4.79 Å². The summed E-state index contributed by atoms with van der Waals surface area (Å²) in [4.78, 5) is 14.3. The molecular weight excluding hydrogens is 398 g/mol. The second-order valence-corrected chi connectivity index (χ2v) is 6.38. The van der Waals surface area contributed by atoms with Crippen LogP contribution in [0.5, 0.6) is 0 Å². The van der Waals surface area contributed by atoms with Crippen molar-refractivity contribution in [2.24, 2.45) is 11.7 Å². The first-order chi connectivity index (χ1) is 8.49. The van der Waals surface area contributed by atoms with Gasteiger partial charge in [-0.2, -0.15) is 0 Å². The van der Waals surface area contributed by atoms with Crippen molar-refractivity contribution in [2.75, 3.05) is 13.1 Å². The van der Waals surface area contributed by atoms with E-state index in [1.165, 1.54) is 0 Å². The molecule has 2 N–H and O–H groups in total. The van der Waals surface area contributed by atoms with Gasteiger partial charge in [0.1, 0.15) is 0 Å². The average molecular weight is 415 g/mol. The Morgan fingerprint density at radius 1 is 1.58 bits per heavy atom. The van der Waals surface area contributed by atoms with E-state index in [1.54, 1.807) is 12.1 Å².